The molecule has 2 rings (SSSR count). The van der Waals surface area contributed by atoms with Crippen LogP contribution in [0.2, 0.25) is 0 Å². The topological polar surface area (TPSA) is 53.2 Å². The molecule has 114 valence electrons. The van der Waals surface area contributed by atoms with Crippen molar-refractivity contribution in [2.24, 2.45) is 5.92 Å². The molecule has 5 heteroatoms. The van der Waals surface area contributed by atoms with Crippen LogP contribution >= 0.6 is 12.2 Å². The van der Waals surface area contributed by atoms with E-state index in [1.54, 1.807) is 0 Å². The lowest BCUT2D eigenvalue weighted by atomic mass is 9.86. The Morgan fingerprint density at radius 3 is 2.30 bits per heavy atom. The molecule has 0 aliphatic heterocycles. The summed E-state index contributed by atoms with van der Waals surface area (Å²) >= 11 is 5.18. The first-order valence-electron chi connectivity index (χ1n) is 8.09. The average Bonchev–Trinajstić information content (AvgIpc) is 2.97. The molecule has 2 aliphatic rings. The average molecular weight is 297 g/mol. The van der Waals surface area contributed by atoms with Gasteiger partial charge in [-0.25, -0.2) is 0 Å². The van der Waals surface area contributed by atoms with Gasteiger partial charge in [0.25, 0.3) is 0 Å². The monoisotopic (exact) mass is 297 g/mol. The van der Waals surface area contributed by atoms with Gasteiger partial charge in [0.05, 0.1) is 0 Å². The number of amides is 1. The summed E-state index contributed by atoms with van der Waals surface area (Å²) in [6.45, 7) is 0. The molecular weight excluding hydrogens is 270 g/mol. The minimum atomic E-state index is 0.0474. The Bertz CT molecular complexity index is 323. The van der Waals surface area contributed by atoms with Crippen LogP contribution in [0.5, 0.6) is 0 Å². The van der Waals surface area contributed by atoms with E-state index in [1.165, 1.54) is 57.8 Å². The van der Waals surface area contributed by atoms with E-state index >= 15 is 0 Å². The zero-order chi connectivity index (χ0) is 14.2. The maximum Gasteiger partial charge on any atom is 0.238 e. The summed E-state index contributed by atoms with van der Waals surface area (Å²) in [5.41, 5.74) is 5.52. The van der Waals surface area contributed by atoms with Crippen molar-refractivity contribution in [3.8, 4) is 0 Å². The van der Waals surface area contributed by atoms with Crippen LogP contribution in [0.25, 0.3) is 0 Å². The lowest BCUT2D eigenvalue weighted by molar-refractivity contribution is -0.122. The predicted molar refractivity (Wildman–Crippen MR) is 85.1 cm³/mol. The third-order valence-electron chi connectivity index (χ3n) is 4.51. The first kappa shape index (κ1) is 15.5. The van der Waals surface area contributed by atoms with Crippen LogP contribution < -0.4 is 16.2 Å². The molecule has 0 unspecified atom stereocenters. The second-order valence-electron chi connectivity index (χ2n) is 6.17. The lowest BCUT2D eigenvalue weighted by Crippen LogP contribution is -2.49. The molecular formula is C15H27N3OS. The SMILES string of the molecule is O=C(CCC1CCCCC1)NNC(=S)NC1CCCC1. The predicted octanol–water partition coefficient (Wildman–Crippen LogP) is 2.78. The summed E-state index contributed by atoms with van der Waals surface area (Å²) < 4.78 is 0. The van der Waals surface area contributed by atoms with Crippen LogP contribution in [0.3, 0.4) is 0 Å². The molecule has 0 aromatic heterocycles. The van der Waals surface area contributed by atoms with Gasteiger partial charge in [-0.3, -0.25) is 15.6 Å². The molecule has 0 bridgehead atoms. The highest BCUT2D eigenvalue weighted by molar-refractivity contribution is 7.80. The van der Waals surface area contributed by atoms with E-state index in [4.69, 9.17) is 12.2 Å². The van der Waals surface area contributed by atoms with E-state index in [1.807, 2.05) is 0 Å². The van der Waals surface area contributed by atoms with E-state index in [-0.39, 0.29) is 5.91 Å². The molecule has 0 saturated heterocycles. The van der Waals surface area contributed by atoms with Crippen LogP contribution in [0.4, 0.5) is 0 Å². The summed E-state index contributed by atoms with van der Waals surface area (Å²) in [6, 6.07) is 0.481. The number of hydrazine groups is 1. The molecule has 0 radical (unpaired) electrons. The van der Waals surface area contributed by atoms with E-state index in [0.29, 0.717) is 17.6 Å². The number of rotatable bonds is 4. The van der Waals surface area contributed by atoms with Gasteiger partial charge in [-0.1, -0.05) is 44.9 Å². The van der Waals surface area contributed by atoms with E-state index in [9.17, 15) is 4.79 Å². The lowest BCUT2D eigenvalue weighted by Gasteiger charge is -2.21. The molecule has 1 amide bonds. The molecule has 0 aromatic rings. The Hall–Kier alpha value is -0.840. The van der Waals surface area contributed by atoms with Gasteiger partial charge in [0.1, 0.15) is 0 Å². The van der Waals surface area contributed by atoms with Crippen molar-refractivity contribution in [1.82, 2.24) is 16.2 Å². The van der Waals surface area contributed by atoms with Crippen LogP contribution in [-0.4, -0.2) is 17.1 Å². The number of hydrogen-bond acceptors (Lipinski definition) is 2. The highest BCUT2D eigenvalue weighted by Gasteiger charge is 2.16. The molecule has 4 nitrogen and oxygen atoms in total. The van der Waals surface area contributed by atoms with Crippen molar-refractivity contribution in [3.05, 3.63) is 0 Å². The number of nitrogens with one attached hydrogen (secondary N) is 3. The summed E-state index contributed by atoms with van der Waals surface area (Å²) in [6.07, 6.45) is 13.1. The number of carbonyl (C=O) groups excluding carboxylic acids is 1. The summed E-state index contributed by atoms with van der Waals surface area (Å²) in [4.78, 5) is 11.8. The zero-order valence-corrected chi connectivity index (χ0v) is 13.1. The smallest absolute Gasteiger partial charge is 0.238 e. The van der Waals surface area contributed by atoms with Gasteiger partial charge in [0.15, 0.2) is 5.11 Å². The number of carbonyl (C=O) groups is 1. The van der Waals surface area contributed by atoms with Crippen LogP contribution in [-0.2, 0) is 4.79 Å². The van der Waals surface area contributed by atoms with Crippen LogP contribution in [0.15, 0.2) is 0 Å². The summed E-state index contributed by atoms with van der Waals surface area (Å²) in [5.74, 6) is 0.796. The molecule has 0 heterocycles. The molecule has 2 fully saturated rings. The Morgan fingerprint density at radius 2 is 1.60 bits per heavy atom. The minimum Gasteiger partial charge on any atom is -0.359 e. The Kier molecular flexibility index (Phi) is 6.57. The fourth-order valence-electron chi connectivity index (χ4n) is 3.29. The van der Waals surface area contributed by atoms with Crippen LogP contribution in [0.1, 0.15) is 70.6 Å². The van der Waals surface area contributed by atoms with E-state index < -0.39 is 0 Å². The zero-order valence-electron chi connectivity index (χ0n) is 12.2. The normalized spacial score (nSPS) is 20.6. The molecule has 20 heavy (non-hydrogen) atoms. The second kappa shape index (κ2) is 8.45. The highest BCUT2D eigenvalue weighted by atomic mass is 32.1. The van der Waals surface area contributed by atoms with Gasteiger partial charge in [0, 0.05) is 12.5 Å². The third kappa shape index (κ3) is 5.65. The van der Waals surface area contributed by atoms with Crippen molar-refractivity contribution in [1.29, 1.82) is 0 Å². The standard InChI is InChI=1S/C15H27N3OS/c19-14(11-10-12-6-2-1-3-7-12)17-18-15(20)16-13-8-4-5-9-13/h12-13H,1-11H2,(H,17,19)(H2,16,18,20). The van der Waals surface area contributed by atoms with Gasteiger partial charge in [0.2, 0.25) is 5.91 Å². The molecule has 0 atom stereocenters. The van der Waals surface area contributed by atoms with Crippen molar-refractivity contribution >= 4 is 23.2 Å². The minimum absolute atomic E-state index is 0.0474. The highest BCUT2D eigenvalue weighted by Crippen LogP contribution is 2.27. The Balaban J connectivity index is 1.53. The molecule has 3 N–H and O–H groups in total. The molecule has 0 aromatic carbocycles. The maximum absolute atomic E-state index is 11.8. The molecule has 0 spiro atoms. The second-order valence-corrected chi connectivity index (χ2v) is 6.58. The van der Waals surface area contributed by atoms with Gasteiger partial charge in [-0.05, 0) is 37.4 Å². The fourth-order valence-corrected chi connectivity index (χ4v) is 3.51. The first-order chi connectivity index (χ1) is 9.74. The van der Waals surface area contributed by atoms with Crippen molar-refractivity contribution < 1.29 is 4.79 Å². The van der Waals surface area contributed by atoms with Gasteiger partial charge in [-0.15, -0.1) is 0 Å². The van der Waals surface area contributed by atoms with E-state index in [2.05, 4.69) is 16.2 Å². The third-order valence-corrected chi connectivity index (χ3v) is 4.73. The maximum atomic E-state index is 11.8. The Labute approximate surface area is 127 Å². The van der Waals surface area contributed by atoms with E-state index in [0.717, 1.165) is 12.3 Å². The fraction of sp³-hybridized carbons (Fsp3) is 0.867. The number of thiocarbonyl (C=S) groups is 1. The van der Waals surface area contributed by atoms with Crippen molar-refractivity contribution in [3.63, 3.8) is 0 Å². The van der Waals surface area contributed by atoms with Crippen LogP contribution in [0, 0.1) is 5.92 Å². The quantitative estimate of drug-likeness (QED) is 0.552. The molecule has 2 aliphatic carbocycles. The van der Waals surface area contributed by atoms with Gasteiger partial charge in [-0.2, -0.15) is 0 Å². The summed E-state index contributed by atoms with van der Waals surface area (Å²) in [7, 11) is 0. The van der Waals surface area contributed by atoms with Gasteiger partial charge >= 0.3 is 0 Å². The first-order valence-corrected chi connectivity index (χ1v) is 8.50. The Morgan fingerprint density at radius 1 is 0.950 bits per heavy atom. The summed E-state index contributed by atoms with van der Waals surface area (Å²) in [5, 5.41) is 3.79. The number of hydrogen-bond donors (Lipinski definition) is 3. The van der Waals surface area contributed by atoms with Crippen molar-refractivity contribution in [2.75, 3.05) is 0 Å². The largest absolute Gasteiger partial charge is 0.359 e. The van der Waals surface area contributed by atoms with Gasteiger partial charge < -0.3 is 5.32 Å². The molecule has 2 saturated carbocycles. The van der Waals surface area contributed by atoms with Crippen molar-refractivity contribution in [2.45, 2.75) is 76.7 Å².